The van der Waals surface area contributed by atoms with Gasteiger partial charge in [0.1, 0.15) is 0 Å². The van der Waals surface area contributed by atoms with Gasteiger partial charge in [0.15, 0.2) is 13.1 Å². The van der Waals surface area contributed by atoms with Crippen LogP contribution in [0.5, 0.6) is 0 Å². The van der Waals surface area contributed by atoms with Gasteiger partial charge in [-0.05, 0) is 18.2 Å². The molecule has 1 saturated heterocycles. The van der Waals surface area contributed by atoms with Crippen LogP contribution < -0.4 is 10.2 Å². The van der Waals surface area contributed by atoms with Crippen LogP contribution in [0.1, 0.15) is 5.56 Å². The summed E-state index contributed by atoms with van der Waals surface area (Å²) in [6.07, 6.45) is -4.46. The van der Waals surface area contributed by atoms with Gasteiger partial charge in [-0.15, -0.1) is 0 Å². The van der Waals surface area contributed by atoms with Crippen LogP contribution in [0.2, 0.25) is 0 Å². The Morgan fingerprint density at radius 1 is 1.24 bits per heavy atom. The van der Waals surface area contributed by atoms with Crippen molar-refractivity contribution >= 4 is 17.5 Å². The lowest BCUT2D eigenvalue weighted by Crippen LogP contribution is -3.11. The average Bonchev–Trinajstić information content (AvgIpc) is 2.54. The van der Waals surface area contributed by atoms with Crippen LogP contribution in [0.15, 0.2) is 24.3 Å². The van der Waals surface area contributed by atoms with Crippen LogP contribution in [0.4, 0.5) is 18.9 Å². The molecular formula is C16H21F3N3O3+. The van der Waals surface area contributed by atoms with Gasteiger partial charge >= 0.3 is 6.18 Å². The van der Waals surface area contributed by atoms with E-state index >= 15 is 0 Å². The molecule has 1 atom stereocenters. The van der Waals surface area contributed by atoms with Gasteiger partial charge < -0.3 is 19.9 Å². The van der Waals surface area contributed by atoms with Crippen molar-refractivity contribution in [1.82, 2.24) is 4.90 Å². The summed E-state index contributed by atoms with van der Waals surface area (Å²) < 4.78 is 43.2. The predicted octanol–water partition coefficient (Wildman–Crippen LogP) is 0.0174. The Balaban J connectivity index is 1.84. The van der Waals surface area contributed by atoms with Crippen LogP contribution >= 0.6 is 0 Å². The normalized spacial score (nSPS) is 16.4. The first kappa shape index (κ1) is 19.2. The molecule has 6 nitrogen and oxygen atoms in total. The molecule has 1 unspecified atom stereocenters. The largest absolute Gasteiger partial charge is 0.416 e. The summed E-state index contributed by atoms with van der Waals surface area (Å²) in [6.45, 7) is 2.18. The molecule has 1 heterocycles. The number of carbonyl (C=O) groups is 2. The molecule has 0 aromatic heterocycles. The molecule has 2 N–H and O–H groups in total. The highest BCUT2D eigenvalue weighted by Gasteiger charge is 2.30. The Labute approximate surface area is 143 Å². The van der Waals surface area contributed by atoms with Crippen LogP contribution in [-0.4, -0.2) is 63.2 Å². The number of nitrogens with zero attached hydrogens (tertiary/aromatic N) is 1. The van der Waals surface area contributed by atoms with E-state index in [2.05, 4.69) is 5.32 Å². The molecule has 2 rings (SSSR count). The summed E-state index contributed by atoms with van der Waals surface area (Å²) in [5.74, 6) is -0.528. The molecule has 1 aromatic carbocycles. The zero-order valence-electron chi connectivity index (χ0n) is 13.9. The van der Waals surface area contributed by atoms with E-state index in [-0.39, 0.29) is 24.7 Å². The first-order chi connectivity index (χ1) is 11.8. The topological polar surface area (TPSA) is 63.1 Å². The number of carbonyl (C=O) groups excluding carboxylic acids is 2. The zero-order chi connectivity index (χ0) is 18.4. The van der Waals surface area contributed by atoms with Gasteiger partial charge in [0.05, 0.1) is 25.8 Å². The number of alkyl halides is 3. The van der Waals surface area contributed by atoms with Crippen molar-refractivity contribution in [2.75, 3.05) is 51.8 Å². The number of amides is 2. The number of halogens is 3. The Hall–Kier alpha value is -2.13. The number of ether oxygens (including phenoxy) is 1. The van der Waals surface area contributed by atoms with E-state index in [1.54, 1.807) is 11.9 Å². The van der Waals surface area contributed by atoms with Crippen molar-refractivity contribution < 1.29 is 32.4 Å². The van der Waals surface area contributed by atoms with Crippen molar-refractivity contribution in [2.45, 2.75) is 6.18 Å². The standard InChI is InChI=1S/C16H20F3N3O3/c1-21(11-15(24)22-5-7-25-8-6-22)10-14(23)20-13-4-2-3-12(9-13)16(17,18)19/h2-4,9H,5-8,10-11H2,1H3,(H,20,23)/p+1. The van der Waals surface area contributed by atoms with Gasteiger partial charge in [-0.2, -0.15) is 13.2 Å². The summed E-state index contributed by atoms with van der Waals surface area (Å²) >= 11 is 0. The van der Waals surface area contributed by atoms with Crippen molar-refractivity contribution in [3.05, 3.63) is 29.8 Å². The number of anilines is 1. The van der Waals surface area contributed by atoms with E-state index in [0.29, 0.717) is 31.2 Å². The second-order valence-corrected chi connectivity index (χ2v) is 5.93. The van der Waals surface area contributed by atoms with Gasteiger partial charge in [0.25, 0.3) is 11.8 Å². The first-order valence-corrected chi connectivity index (χ1v) is 7.89. The lowest BCUT2D eigenvalue weighted by atomic mass is 10.2. The van der Waals surface area contributed by atoms with E-state index in [0.717, 1.165) is 12.1 Å². The van der Waals surface area contributed by atoms with Crippen LogP contribution in [0.25, 0.3) is 0 Å². The number of hydrogen-bond donors (Lipinski definition) is 2. The average molecular weight is 360 g/mol. The van der Waals surface area contributed by atoms with Crippen LogP contribution in [0.3, 0.4) is 0 Å². The minimum Gasteiger partial charge on any atom is -0.378 e. The van der Waals surface area contributed by atoms with Crippen LogP contribution in [0, 0.1) is 0 Å². The van der Waals surface area contributed by atoms with E-state index in [1.807, 2.05) is 0 Å². The number of benzene rings is 1. The monoisotopic (exact) mass is 360 g/mol. The number of hydrogen-bond acceptors (Lipinski definition) is 3. The van der Waals surface area contributed by atoms with E-state index in [4.69, 9.17) is 4.74 Å². The van der Waals surface area contributed by atoms with Gasteiger partial charge in [-0.3, -0.25) is 9.59 Å². The van der Waals surface area contributed by atoms with Crippen molar-refractivity contribution in [2.24, 2.45) is 0 Å². The maximum Gasteiger partial charge on any atom is 0.416 e. The zero-order valence-corrected chi connectivity index (χ0v) is 13.9. The summed E-state index contributed by atoms with van der Waals surface area (Å²) in [7, 11) is 1.68. The van der Waals surface area contributed by atoms with Gasteiger partial charge in [-0.25, -0.2) is 0 Å². The van der Waals surface area contributed by atoms with E-state index in [1.165, 1.54) is 12.1 Å². The maximum atomic E-state index is 12.7. The number of morpholine rings is 1. The van der Waals surface area contributed by atoms with Gasteiger partial charge in [0.2, 0.25) is 0 Å². The smallest absolute Gasteiger partial charge is 0.378 e. The maximum absolute atomic E-state index is 12.7. The summed E-state index contributed by atoms with van der Waals surface area (Å²) in [5, 5.41) is 2.43. The Morgan fingerprint density at radius 3 is 2.56 bits per heavy atom. The highest BCUT2D eigenvalue weighted by Crippen LogP contribution is 2.30. The fourth-order valence-electron chi connectivity index (χ4n) is 2.50. The Kier molecular flexibility index (Phi) is 6.38. The molecule has 2 amide bonds. The SMILES string of the molecule is C[NH+](CC(=O)Nc1cccc(C(F)(F)F)c1)CC(=O)N1CCOCC1. The molecule has 1 fully saturated rings. The lowest BCUT2D eigenvalue weighted by Gasteiger charge is -2.27. The molecular weight excluding hydrogens is 339 g/mol. The molecule has 1 aromatic rings. The second-order valence-electron chi connectivity index (χ2n) is 5.93. The highest BCUT2D eigenvalue weighted by molar-refractivity contribution is 5.91. The molecule has 25 heavy (non-hydrogen) atoms. The Bertz CT molecular complexity index is 616. The predicted molar refractivity (Wildman–Crippen MR) is 84.1 cm³/mol. The molecule has 0 spiro atoms. The fourth-order valence-corrected chi connectivity index (χ4v) is 2.50. The summed E-state index contributed by atoms with van der Waals surface area (Å²) in [6, 6.07) is 4.44. The van der Waals surface area contributed by atoms with Crippen molar-refractivity contribution in [3.63, 3.8) is 0 Å². The number of quaternary nitrogens is 1. The highest BCUT2D eigenvalue weighted by atomic mass is 19.4. The third-order valence-electron chi connectivity index (χ3n) is 3.75. The molecule has 0 radical (unpaired) electrons. The number of rotatable bonds is 5. The second kappa shape index (κ2) is 8.30. The van der Waals surface area contributed by atoms with Crippen molar-refractivity contribution in [3.8, 4) is 0 Å². The van der Waals surface area contributed by atoms with E-state index in [9.17, 15) is 22.8 Å². The quantitative estimate of drug-likeness (QED) is 0.778. The lowest BCUT2D eigenvalue weighted by molar-refractivity contribution is -0.862. The van der Waals surface area contributed by atoms with E-state index < -0.39 is 17.6 Å². The van der Waals surface area contributed by atoms with Gasteiger partial charge in [0, 0.05) is 18.8 Å². The number of likely N-dealkylation sites (N-methyl/N-ethyl adjacent to an activating group) is 1. The fraction of sp³-hybridized carbons (Fsp3) is 0.500. The van der Waals surface area contributed by atoms with Crippen LogP contribution in [-0.2, 0) is 20.5 Å². The molecule has 1 aliphatic rings. The first-order valence-electron chi connectivity index (χ1n) is 7.89. The van der Waals surface area contributed by atoms with Gasteiger partial charge in [-0.1, -0.05) is 6.07 Å². The Morgan fingerprint density at radius 2 is 1.92 bits per heavy atom. The molecule has 138 valence electrons. The molecule has 9 heteroatoms. The molecule has 0 saturated carbocycles. The minimum atomic E-state index is -4.46. The molecule has 0 aliphatic carbocycles. The summed E-state index contributed by atoms with van der Waals surface area (Å²) in [5.41, 5.74) is -0.749. The summed E-state index contributed by atoms with van der Waals surface area (Å²) in [4.78, 5) is 26.4. The molecule has 0 bridgehead atoms. The number of nitrogens with one attached hydrogen (secondary N) is 2. The third-order valence-corrected chi connectivity index (χ3v) is 3.75. The third kappa shape index (κ3) is 6.02. The van der Waals surface area contributed by atoms with Crippen molar-refractivity contribution in [1.29, 1.82) is 0 Å². The minimum absolute atomic E-state index is 0.0215. The molecule has 1 aliphatic heterocycles.